The van der Waals surface area contributed by atoms with Crippen LogP contribution < -0.4 is 9.64 Å². The number of benzene rings is 2. The number of anilines is 1. The van der Waals surface area contributed by atoms with E-state index in [2.05, 4.69) is 15.9 Å². The molecule has 1 N–H and O–H groups in total. The molecule has 0 fully saturated rings. The molecule has 0 spiro atoms. The Morgan fingerprint density at radius 2 is 1.90 bits per heavy atom. The van der Waals surface area contributed by atoms with Crippen molar-refractivity contribution in [1.82, 2.24) is 0 Å². The Morgan fingerprint density at radius 3 is 2.48 bits per heavy atom. The van der Waals surface area contributed by atoms with Crippen LogP contribution >= 0.6 is 38.5 Å². The van der Waals surface area contributed by atoms with Crippen LogP contribution in [0, 0.1) is 0 Å². The normalized spacial score (nSPS) is 15.2. The van der Waals surface area contributed by atoms with Crippen molar-refractivity contribution in [2.24, 2.45) is 0 Å². The van der Waals surface area contributed by atoms with Gasteiger partial charge in [0.25, 0.3) is 0 Å². The third-order valence-electron chi connectivity index (χ3n) is 5.10. The van der Waals surface area contributed by atoms with Crippen LogP contribution in [0.3, 0.4) is 0 Å². The lowest BCUT2D eigenvalue weighted by molar-refractivity contribution is -0.122. The maximum Gasteiger partial charge on any atom is 0.329 e. The number of ether oxygens (including phenoxy) is 1. The number of aliphatic hydroxyl groups excluding tert-OH is 1. The van der Waals surface area contributed by atoms with Crippen molar-refractivity contribution in [3.05, 3.63) is 57.6 Å². The largest absolute Gasteiger partial charge is 0.486 e. The van der Waals surface area contributed by atoms with E-state index < -0.39 is 16.0 Å². The van der Waals surface area contributed by atoms with E-state index in [0.29, 0.717) is 27.0 Å². The summed E-state index contributed by atoms with van der Waals surface area (Å²) in [4.78, 5) is 27.2. The Balaban J connectivity index is 1.81. The number of β-amino-alcohol motifs (C(OH)–C–C–N with tert-alkyl or cyclic N) is 1. The van der Waals surface area contributed by atoms with Crippen molar-refractivity contribution < 1.29 is 28.2 Å². The van der Waals surface area contributed by atoms with Crippen LogP contribution in [0.4, 0.5) is 14.5 Å². The van der Waals surface area contributed by atoms with Crippen LogP contribution in [-0.2, 0) is 16.6 Å². The molecule has 1 aliphatic heterocycles. The van der Waals surface area contributed by atoms with Crippen LogP contribution in [-0.4, -0.2) is 40.5 Å². The number of hydrogen-bond acceptors (Lipinski definition) is 4. The quantitative estimate of drug-likeness (QED) is 0.263. The van der Waals surface area contributed by atoms with Gasteiger partial charge in [-0.05, 0) is 43.7 Å². The number of nitrogens with zero attached hydrogens (tertiary/aromatic N) is 1. The number of fused-ring (bicyclic) bond motifs is 1. The van der Waals surface area contributed by atoms with Gasteiger partial charge in [0.05, 0.1) is 12.0 Å². The fraction of sp³-hybridized carbons (Fsp3) is 0.364. The predicted octanol–water partition coefficient (Wildman–Crippen LogP) is 4.90. The van der Waals surface area contributed by atoms with E-state index in [9.17, 15) is 23.5 Å². The van der Waals surface area contributed by atoms with Gasteiger partial charge in [0.2, 0.25) is 5.91 Å². The van der Waals surface area contributed by atoms with Crippen molar-refractivity contribution >= 4 is 55.9 Å². The summed E-state index contributed by atoms with van der Waals surface area (Å²) >= 11 is 4.52. The van der Waals surface area contributed by atoms with Gasteiger partial charge >= 0.3 is 3.93 Å². The van der Waals surface area contributed by atoms with Crippen molar-refractivity contribution in [3.63, 3.8) is 0 Å². The highest BCUT2D eigenvalue weighted by atomic mass is 127. The molecular weight excluding hydrogens is 587 g/mol. The molecule has 5 nitrogen and oxygen atoms in total. The van der Waals surface area contributed by atoms with Crippen molar-refractivity contribution in [3.8, 4) is 5.75 Å². The smallest absolute Gasteiger partial charge is 0.329 e. The van der Waals surface area contributed by atoms with Crippen LogP contribution in [0.1, 0.15) is 35.3 Å². The van der Waals surface area contributed by atoms with Gasteiger partial charge in [-0.15, -0.1) is 0 Å². The molecule has 0 saturated carbocycles. The number of carbonyl (C=O) groups is 2. The zero-order valence-corrected chi connectivity index (χ0v) is 20.7. The monoisotopic (exact) mass is 607 g/mol. The first kappa shape index (κ1) is 24.1. The van der Waals surface area contributed by atoms with Gasteiger partial charge in [0.1, 0.15) is 5.75 Å². The second kappa shape index (κ2) is 9.11. The number of aliphatic hydroxyl groups is 1. The molecule has 0 aliphatic carbocycles. The number of ketones is 1. The average molecular weight is 608 g/mol. The van der Waals surface area contributed by atoms with E-state index in [1.54, 1.807) is 36.4 Å². The first-order valence-electron chi connectivity index (χ1n) is 9.52. The van der Waals surface area contributed by atoms with Gasteiger partial charge < -0.3 is 14.7 Å². The molecule has 1 amide bonds. The van der Waals surface area contributed by atoms with Gasteiger partial charge in [-0.2, -0.15) is 8.78 Å². The number of Topliss-reactive ketones (excluding diaryl/α,β-unsaturated/α-hetero) is 1. The first-order chi connectivity index (χ1) is 14.4. The van der Waals surface area contributed by atoms with E-state index in [-0.39, 0.29) is 31.3 Å². The fourth-order valence-corrected chi connectivity index (χ4v) is 4.72. The zero-order chi connectivity index (χ0) is 23.0. The molecular formula is C22H21BrF2INO4. The second-order valence-electron chi connectivity index (χ2n) is 7.81. The average Bonchev–Trinajstić information content (AvgIpc) is 2.88. The lowest BCUT2D eigenvalue weighted by Crippen LogP contribution is -2.37. The summed E-state index contributed by atoms with van der Waals surface area (Å²) in [6.45, 7) is 2.87. The molecule has 166 valence electrons. The summed E-state index contributed by atoms with van der Waals surface area (Å²) < 4.78 is 28.5. The number of hydrogen-bond donors (Lipinski definition) is 1. The Morgan fingerprint density at radius 1 is 1.26 bits per heavy atom. The second-order valence-corrected chi connectivity index (χ2v) is 10.2. The van der Waals surface area contributed by atoms with Crippen molar-refractivity contribution in [1.29, 1.82) is 0 Å². The Labute approximate surface area is 201 Å². The highest BCUT2D eigenvalue weighted by molar-refractivity contribution is 14.1. The molecule has 0 radical (unpaired) electrons. The molecule has 9 heteroatoms. The van der Waals surface area contributed by atoms with Crippen LogP contribution in [0.15, 0.2) is 40.9 Å². The van der Waals surface area contributed by atoms with E-state index in [0.717, 1.165) is 28.2 Å². The molecule has 3 rings (SSSR count). The fourth-order valence-electron chi connectivity index (χ4n) is 3.62. The van der Waals surface area contributed by atoms with Crippen LogP contribution in [0.25, 0.3) is 0 Å². The van der Waals surface area contributed by atoms with Crippen molar-refractivity contribution in [2.75, 3.05) is 24.7 Å². The minimum absolute atomic E-state index is 0.102. The molecule has 2 aromatic rings. The van der Waals surface area contributed by atoms with Gasteiger partial charge in [-0.1, -0.05) is 28.1 Å². The number of carbonyl (C=O) groups excluding carboxylic acids is 2. The maximum absolute atomic E-state index is 12.9. The summed E-state index contributed by atoms with van der Waals surface area (Å²) in [6, 6.07) is 9.81. The minimum atomic E-state index is -2.95. The van der Waals surface area contributed by atoms with E-state index in [1.807, 2.05) is 13.8 Å². The third kappa shape index (κ3) is 5.25. The zero-order valence-electron chi connectivity index (χ0n) is 16.9. The maximum atomic E-state index is 12.9. The highest BCUT2D eigenvalue weighted by Gasteiger charge is 2.45. The van der Waals surface area contributed by atoms with Gasteiger partial charge in [-0.25, -0.2) is 0 Å². The molecule has 0 unspecified atom stereocenters. The topological polar surface area (TPSA) is 66.8 Å². The minimum Gasteiger partial charge on any atom is -0.486 e. The van der Waals surface area contributed by atoms with Crippen molar-refractivity contribution in [2.45, 2.75) is 29.6 Å². The van der Waals surface area contributed by atoms with E-state index in [4.69, 9.17) is 4.74 Å². The Bertz CT molecular complexity index is 1010. The summed E-state index contributed by atoms with van der Waals surface area (Å²) in [5.41, 5.74) is 1.78. The molecule has 1 heterocycles. The Hall–Kier alpha value is -1.59. The molecule has 31 heavy (non-hydrogen) atoms. The molecule has 1 aliphatic rings. The number of amides is 1. The molecule has 0 atom stereocenters. The van der Waals surface area contributed by atoms with Gasteiger partial charge in [-0.3, -0.25) is 9.59 Å². The summed E-state index contributed by atoms with van der Waals surface area (Å²) in [6.07, 6.45) is 0.102. The molecule has 0 bridgehead atoms. The molecule has 0 saturated heterocycles. The van der Waals surface area contributed by atoms with Crippen LogP contribution in [0.5, 0.6) is 5.75 Å². The standard InChI is InChI=1S/C22H21BrF2INO4/c1-21(2)19-16(23)10-14(11-17(19)27(7-8-28)20(21)30)18(29)9-13-3-5-15(6-4-13)31-12-22(24,25)26/h3-6,10-11,28H,7-9,12H2,1-2H3. The SMILES string of the molecule is CC1(C)C(=O)N(CCO)c2cc(C(=O)Cc3ccc(OCC(F)(F)I)cc3)cc(Br)c21. The van der Waals surface area contributed by atoms with Crippen LogP contribution in [0.2, 0.25) is 0 Å². The summed E-state index contributed by atoms with van der Waals surface area (Å²) in [5, 5.41) is 9.36. The summed E-state index contributed by atoms with van der Waals surface area (Å²) in [7, 11) is 0. The van der Waals surface area contributed by atoms with Gasteiger partial charge in [0, 0.05) is 56.8 Å². The molecule has 2 aromatic carbocycles. The lowest BCUT2D eigenvalue weighted by atomic mass is 9.85. The lowest BCUT2D eigenvalue weighted by Gasteiger charge is -2.19. The Kier molecular flexibility index (Phi) is 7.07. The molecule has 0 aromatic heterocycles. The third-order valence-corrected chi connectivity index (χ3v) is 6.04. The van der Waals surface area contributed by atoms with E-state index >= 15 is 0 Å². The predicted molar refractivity (Wildman–Crippen MR) is 126 cm³/mol. The van der Waals surface area contributed by atoms with E-state index in [1.165, 1.54) is 4.90 Å². The summed E-state index contributed by atoms with van der Waals surface area (Å²) in [5.74, 6) is 0.0137. The number of rotatable bonds is 8. The van der Waals surface area contributed by atoms with Gasteiger partial charge in [0.15, 0.2) is 12.4 Å². The number of halogens is 4. The number of alkyl halides is 3. The first-order valence-corrected chi connectivity index (χ1v) is 11.4. The highest BCUT2D eigenvalue weighted by Crippen LogP contribution is 2.46.